The molecule has 0 spiro atoms. The van der Waals surface area contributed by atoms with E-state index in [4.69, 9.17) is 4.74 Å². The molecule has 0 bridgehead atoms. The molecule has 0 aromatic rings. The first-order valence-electron chi connectivity index (χ1n) is 8.28. The fourth-order valence-corrected chi connectivity index (χ4v) is 3.05. The maximum atomic E-state index is 6.51. The highest BCUT2D eigenvalue weighted by Crippen LogP contribution is 2.39. The average molecular weight is 269 g/mol. The standard InChI is InChI=1S/C17H35NO/c1-7-18-12-17(19-15(6)13(2)3)10-8-16(9-11-17)14(4)5/h13-16,18H,7-12H2,1-6H3. The van der Waals surface area contributed by atoms with Crippen LogP contribution in [0.15, 0.2) is 0 Å². The summed E-state index contributed by atoms with van der Waals surface area (Å²) in [5.41, 5.74) is 0.0884. The predicted octanol–water partition coefficient (Wildman–Crippen LogP) is 4.24. The van der Waals surface area contributed by atoms with Gasteiger partial charge in [-0.25, -0.2) is 0 Å². The van der Waals surface area contributed by atoms with Crippen LogP contribution in [0, 0.1) is 17.8 Å². The highest BCUT2D eigenvalue weighted by molar-refractivity contribution is 4.91. The van der Waals surface area contributed by atoms with Gasteiger partial charge in [0.1, 0.15) is 0 Å². The molecule has 0 aromatic heterocycles. The Kier molecular flexibility index (Phi) is 6.82. The molecule has 1 N–H and O–H groups in total. The summed E-state index contributed by atoms with van der Waals surface area (Å²) in [6.07, 6.45) is 5.45. The van der Waals surface area contributed by atoms with Gasteiger partial charge < -0.3 is 10.1 Å². The second-order valence-electron chi connectivity index (χ2n) is 7.11. The lowest BCUT2D eigenvalue weighted by atomic mass is 9.74. The molecular weight excluding hydrogens is 234 g/mol. The van der Waals surface area contributed by atoms with Gasteiger partial charge >= 0.3 is 0 Å². The Hall–Kier alpha value is -0.0800. The van der Waals surface area contributed by atoms with Crippen molar-refractivity contribution in [2.75, 3.05) is 13.1 Å². The van der Waals surface area contributed by atoms with Gasteiger partial charge in [0.15, 0.2) is 0 Å². The molecule has 1 rings (SSSR count). The van der Waals surface area contributed by atoms with E-state index in [0.717, 1.165) is 24.9 Å². The zero-order valence-corrected chi connectivity index (χ0v) is 14.0. The molecule has 0 saturated heterocycles. The first-order valence-corrected chi connectivity index (χ1v) is 8.28. The molecule has 0 amide bonds. The minimum atomic E-state index is 0.0884. The van der Waals surface area contributed by atoms with Gasteiger partial charge in [0, 0.05) is 6.54 Å². The van der Waals surface area contributed by atoms with Crippen molar-refractivity contribution in [1.29, 1.82) is 0 Å². The Morgan fingerprint density at radius 3 is 2.11 bits per heavy atom. The summed E-state index contributed by atoms with van der Waals surface area (Å²) in [5.74, 6) is 2.31. The van der Waals surface area contributed by atoms with Crippen molar-refractivity contribution in [3.63, 3.8) is 0 Å². The molecule has 1 fully saturated rings. The highest BCUT2D eigenvalue weighted by Gasteiger charge is 2.38. The number of rotatable bonds is 7. The second-order valence-corrected chi connectivity index (χ2v) is 7.11. The summed E-state index contributed by atoms with van der Waals surface area (Å²) in [6.45, 7) is 15.7. The molecule has 0 heterocycles. The van der Waals surface area contributed by atoms with E-state index in [9.17, 15) is 0 Å². The van der Waals surface area contributed by atoms with Gasteiger partial charge in [0.2, 0.25) is 0 Å². The second kappa shape index (κ2) is 7.64. The molecule has 1 unspecified atom stereocenters. The lowest BCUT2D eigenvalue weighted by molar-refractivity contribution is -0.126. The zero-order chi connectivity index (χ0) is 14.5. The molecule has 1 atom stereocenters. The van der Waals surface area contributed by atoms with E-state index in [2.05, 4.69) is 46.9 Å². The summed E-state index contributed by atoms with van der Waals surface area (Å²) >= 11 is 0. The SMILES string of the molecule is CCNCC1(OC(C)C(C)C)CCC(C(C)C)CC1. The summed E-state index contributed by atoms with van der Waals surface area (Å²) in [4.78, 5) is 0. The highest BCUT2D eigenvalue weighted by atomic mass is 16.5. The predicted molar refractivity (Wildman–Crippen MR) is 83.5 cm³/mol. The van der Waals surface area contributed by atoms with Crippen LogP contribution >= 0.6 is 0 Å². The van der Waals surface area contributed by atoms with Crippen LogP contribution in [-0.2, 0) is 4.74 Å². The Morgan fingerprint density at radius 1 is 1.11 bits per heavy atom. The molecule has 1 aliphatic carbocycles. The quantitative estimate of drug-likeness (QED) is 0.746. The third kappa shape index (κ3) is 5.07. The molecular formula is C17H35NO. The first-order chi connectivity index (χ1) is 8.90. The van der Waals surface area contributed by atoms with Crippen molar-refractivity contribution in [2.45, 2.75) is 78.9 Å². The van der Waals surface area contributed by atoms with Gasteiger partial charge in [-0.15, -0.1) is 0 Å². The average Bonchev–Trinajstić information content (AvgIpc) is 2.37. The third-order valence-corrected chi connectivity index (χ3v) is 4.96. The Morgan fingerprint density at radius 2 is 1.68 bits per heavy atom. The van der Waals surface area contributed by atoms with Crippen molar-refractivity contribution < 1.29 is 4.74 Å². The van der Waals surface area contributed by atoms with Gasteiger partial charge in [0.25, 0.3) is 0 Å². The van der Waals surface area contributed by atoms with E-state index in [1.807, 2.05) is 0 Å². The van der Waals surface area contributed by atoms with Crippen LogP contribution < -0.4 is 5.32 Å². The van der Waals surface area contributed by atoms with Gasteiger partial charge in [-0.1, -0.05) is 34.6 Å². The largest absolute Gasteiger partial charge is 0.370 e. The number of nitrogens with one attached hydrogen (secondary N) is 1. The van der Waals surface area contributed by atoms with Gasteiger partial charge in [-0.05, 0) is 56.9 Å². The molecule has 2 heteroatoms. The Bertz CT molecular complexity index is 242. The van der Waals surface area contributed by atoms with Crippen molar-refractivity contribution in [3.8, 4) is 0 Å². The van der Waals surface area contributed by atoms with E-state index >= 15 is 0 Å². The topological polar surface area (TPSA) is 21.3 Å². The van der Waals surface area contributed by atoms with Crippen molar-refractivity contribution >= 4 is 0 Å². The van der Waals surface area contributed by atoms with E-state index in [1.54, 1.807) is 0 Å². The van der Waals surface area contributed by atoms with Gasteiger partial charge in [-0.2, -0.15) is 0 Å². The zero-order valence-electron chi connectivity index (χ0n) is 14.0. The van der Waals surface area contributed by atoms with Crippen LogP contribution in [0.1, 0.15) is 67.2 Å². The van der Waals surface area contributed by atoms with Gasteiger partial charge in [-0.3, -0.25) is 0 Å². The number of hydrogen-bond acceptors (Lipinski definition) is 2. The van der Waals surface area contributed by atoms with Crippen molar-refractivity contribution in [3.05, 3.63) is 0 Å². The maximum Gasteiger partial charge on any atom is 0.0810 e. The molecule has 0 radical (unpaired) electrons. The van der Waals surface area contributed by atoms with E-state index < -0.39 is 0 Å². The molecule has 114 valence electrons. The summed E-state index contributed by atoms with van der Waals surface area (Å²) < 4.78 is 6.51. The van der Waals surface area contributed by atoms with Crippen LogP contribution in [0.4, 0.5) is 0 Å². The third-order valence-electron chi connectivity index (χ3n) is 4.96. The molecule has 1 saturated carbocycles. The number of hydrogen-bond donors (Lipinski definition) is 1. The van der Waals surface area contributed by atoms with Crippen molar-refractivity contribution in [1.82, 2.24) is 5.32 Å². The molecule has 19 heavy (non-hydrogen) atoms. The molecule has 0 aromatic carbocycles. The smallest absolute Gasteiger partial charge is 0.0810 e. The summed E-state index contributed by atoms with van der Waals surface area (Å²) in [5, 5.41) is 3.52. The van der Waals surface area contributed by atoms with E-state index in [1.165, 1.54) is 25.7 Å². The molecule has 0 aliphatic heterocycles. The van der Waals surface area contributed by atoms with Crippen LogP contribution in [0.25, 0.3) is 0 Å². The lowest BCUT2D eigenvalue weighted by Crippen LogP contribution is -2.48. The monoisotopic (exact) mass is 269 g/mol. The fourth-order valence-electron chi connectivity index (χ4n) is 3.05. The summed E-state index contributed by atoms with van der Waals surface area (Å²) in [7, 11) is 0. The first kappa shape index (κ1) is 17.0. The summed E-state index contributed by atoms with van der Waals surface area (Å²) in [6, 6.07) is 0. The lowest BCUT2D eigenvalue weighted by Gasteiger charge is -2.43. The van der Waals surface area contributed by atoms with Crippen LogP contribution in [0.5, 0.6) is 0 Å². The Balaban J connectivity index is 2.62. The van der Waals surface area contributed by atoms with E-state index in [-0.39, 0.29) is 5.60 Å². The molecule has 2 nitrogen and oxygen atoms in total. The maximum absolute atomic E-state index is 6.51. The van der Waals surface area contributed by atoms with Gasteiger partial charge in [0.05, 0.1) is 11.7 Å². The van der Waals surface area contributed by atoms with Crippen LogP contribution in [0.2, 0.25) is 0 Å². The van der Waals surface area contributed by atoms with Crippen LogP contribution in [-0.4, -0.2) is 24.8 Å². The minimum Gasteiger partial charge on any atom is -0.370 e. The number of likely N-dealkylation sites (N-methyl/N-ethyl adjacent to an activating group) is 1. The Labute approximate surface area is 120 Å². The normalized spacial score (nSPS) is 30.0. The minimum absolute atomic E-state index is 0.0884. The fraction of sp³-hybridized carbons (Fsp3) is 1.00. The number of ether oxygens (including phenoxy) is 1. The molecule has 1 aliphatic rings. The van der Waals surface area contributed by atoms with Crippen molar-refractivity contribution in [2.24, 2.45) is 17.8 Å². The van der Waals surface area contributed by atoms with Crippen LogP contribution in [0.3, 0.4) is 0 Å². The van der Waals surface area contributed by atoms with E-state index in [0.29, 0.717) is 12.0 Å².